The third-order valence-electron chi connectivity index (χ3n) is 2.23. The highest BCUT2D eigenvalue weighted by atomic mass is 32.1. The molecule has 2 aromatic rings. The summed E-state index contributed by atoms with van der Waals surface area (Å²) in [6.07, 6.45) is -0.168. The van der Waals surface area contributed by atoms with E-state index in [1.54, 1.807) is 19.1 Å². The Morgan fingerprint density at radius 1 is 1.41 bits per heavy atom. The number of aryl methyl sites for hydroxylation is 1. The first kappa shape index (κ1) is 11.7. The second-order valence-corrected chi connectivity index (χ2v) is 4.85. The molecule has 3 nitrogen and oxygen atoms in total. The number of nitrogens with zero attached hydrogens (tertiary/aromatic N) is 1. The van der Waals surface area contributed by atoms with Gasteiger partial charge in [-0.15, -0.1) is 11.3 Å². The number of carbonyl (C=O) groups is 1. The molecule has 0 radical (unpaired) electrons. The fraction of sp³-hybridized carbons (Fsp3) is 0.167. The highest BCUT2D eigenvalue weighted by molar-refractivity contribution is 7.12. The van der Waals surface area contributed by atoms with E-state index < -0.39 is 5.97 Å². The van der Waals surface area contributed by atoms with Crippen molar-refractivity contribution < 1.29 is 14.3 Å². The zero-order valence-electron chi connectivity index (χ0n) is 9.07. The highest BCUT2D eigenvalue weighted by Crippen LogP contribution is 2.28. The summed E-state index contributed by atoms with van der Waals surface area (Å²) >= 11 is 1.32. The number of halogens is 1. The molecule has 5 heteroatoms. The van der Waals surface area contributed by atoms with E-state index in [4.69, 9.17) is 0 Å². The maximum absolute atomic E-state index is 12.8. The van der Waals surface area contributed by atoms with Gasteiger partial charge < -0.3 is 9.90 Å². The van der Waals surface area contributed by atoms with E-state index >= 15 is 0 Å². The van der Waals surface area contributed by atoms with Crippen molar-refractivity contribution in [1.82, 2.24) is 4.98 Å². The Balaban J connectivity index is 2.43. The average molecular weight is 250 g/mol. The first-order valence-corrected chi connectivity index (χ1v) is 5.80. The lowest BCUT2D eigenvalue weighted by Gasteiger charge is -2.03. The predicted octanol–water partition coefficient (Wildman–Crippen LogP) is 1.55. The first-order chi connectivity index (χ1) is 8.06. The van der Waals surface area contributed by atoms with Crippen molar-refractivity contribution in [3.8, 4) is 11.3 Å². The smallest absolute Gasteiger partial charge is 0.123 e. The molecule has 1 heterocycles. The van der Waals surface area contributed by atoms with Gasteiger partial charge in [0.2, 0.25) is 0 Å². The molecule has 0 atom stereocenters. The van der Waals surface area contributed by atoms with Crippen LogP contribution in [-0.4, -0.2) is 11.0 Å². The zero-order chi connectivity index (χ0) is 12.4. The summed E-state index contributed by atoms with van der Waals surface area (Å²) in [4.78, 5) is 15.5. The SMILES string of the molecule is Cc1nc(-c2ccc(F)cc2)c(CC(=O)[O-])s1. The summed E-state index contributed by atoms with van der Waals surface area (Å²) in [6.45, 7) is 1.80. The molecular weight excluding hydrogens is 241 g/mol. The van der Waals surface area contributed by atoms with Gasteiger partial charge >= 0.3 is 0 Å². The molecule has 1 aromatic carbocycles. The van der Waals surface area contributed by atoms with Crippen molar-refractivity contribution >= 4 is 17.3 Å². The lowest BCUT2D eigenvalue weighted by Crippen LogP contribution is -2.24. The topological polar surface area (TPSA) is 53.0 Å². The van der Waals surface area contributed by atoms with Gasteiger partial charge in [-0.2, -0.15) is 0 Å². The van der Waals surface area contributed by atoms with Crippen LogP contribution in [0.1, 0.15) is 9.88 Å². The standard InChI is InChI=1S/C12H10FNO2S/c1-7-14-12(10(17-7)6-11(15)16)8-2-4-9(13)5-3-8/h2-5H,6H2,1H3,(H,15,16)/p-1. The summed E-state index contributed by atoms with van der Waals surface area (Å²) < 4.78 is 12.8. The van der Waals surface area contributed by atoms with Crippen molar-refractivity contribution in [2.45, 2.75) is 13.3 Å². The molecule has 0 fully saturated rings. The maximum Gasteiger partial charge on any atom is 0.123 e. The molecule has 0 aliphatic heterocycles. The minimum Gasteiger partial charge on any atom is -0.550 e. The van der Waals surface area contributed by atoms with E-state index in [9.17, 15) is 14.3 Å². The lowest BCUT2D eigenvalue weighted by atomic mass is 10.1. The van der Waals surface area contributed by atoms with E-state index in [0.717, 1.165) is 5.01 Å². The molecule has 0 N–H and O–H groups in total. The van der Waals surface area contributed by atoms with Crippen LogP contribution in [0.3, 0.4) is 0 Å². The third kappa shape index (κ3) is 2.68. The first-order valence-electron chi connectivity index (χ1n) is 4.98. The number of carbonyl (C=O) groups excluding carboxylic acids is 1. The third-order valence-corrected chi connectivity index (χ3v) is 3.20. The second-order valence-electron chi connectivity index (χ2n) is 3.56. The monoisotopic (exact) mass is 250 g/mol. The lowest BCUT2D eigenvalue weighted by molar-refractivity contribution is -0.304. The second kappa shape index (κ2) is 4.63. The van der Waals surface area contributed by atoms with Crippen LogP contribution in [0, 0.1) is 12.7 Å². The highest BCUT2D eigenvalue weighted by Gasteiger charge is 2.11. The van der Waals surface area contributed by atoms with Gasteiger partial charge in [0.05, 0.1) is 10.7 Å². The number of aliphatic carboxylic acids is 1. The molecule has 2 rings (SSSR count). The molecule has 0 spiro atoms. The van der Waals surface area contributed by atoms with Crippen molar-refractivity contribution in [3.05, 3.63) is 40.0 Å². The number of carboxylic acids is 1. The van der Waals surface area contributed by atoms with Gasteiger partial charge in [0.1, 0.15) is 5.82 Å². The Labute approximate surface area is 102 Å². The summed E-state index contributed by atoms with van der Waals surface area (Å²) in [7, 11) is 0. The molecule has 88 valence electrons. The summed E-state index contributed by atoms with van der Waals surface area (Å²) in [6, 6.07) is 5.82. The average Bonchev–Trinajstić information content (AvgIpc) is 2.59. The van der Waals surface area contributed by atoms with Gasteiger partial charge in [-0.25, -0.2) is 9.37 Å². The molecule has 0 saturated heterocycles. The van der Waals surface area contributed by atoms with Gasteiger partial charge in [0.25, 0.3) is 0 Å². The van der Waals surface area contributed by atoms with Crippen molar-refractivity contribution in [2.24, 2.45) is 0 Å². The van der Waals surface area contributed by atoms with Crippen LogP contribution in [0.15, 0.2) is 24.3 Å². The van der Waals surface area contributed by atoms with Gasteiger partial charge in [-0.05, 0) is 31.2 Å². The summed E-state index contributed by atoms with van der Waals surface area (Å²) in [5, 5.41) is 11.4. The molecular formula is C12H9FNO2S-. The number of benzene rings is 1. The molecule has 0 bridgehead atoms. The van der Waals surface area contributed by atoms with Gasteiger partial charge in [-0.1, -0.05) is 0 Å². The van der Waals surface area contributed by atoms with Crippen LogP contribution < -0.4 is 5.11 Å². The summed E-state index contributed by atoms with van der Waals surface area (Å²) in [5.41, 5.74) is 1.31. The van der Waals surface area contributed by atoms with E-state index in [-0.39, 0.29) is 12.2 Å². The number of rotatable bonds is 3. The fourth-order valence-electron chi connectivity index (χ4n) is 1.55. The summed E-state index contributed by atoms with van der Waals surface area (Å²) in [5.74, 6) is -1.47. The van der Waals surface area contributed by atoms with E-state index in [1.807, 2.05) is 0 Å². The predicted molar refractivity (Wildman–Crippen MR) is 61.0 cm³/mol. The largest absolute Gasteiger partial charge is 0.550 e. The van der Waals surface area contributed by atoms with Crippen molar-refractivity contribution in [3.63, 3.8) is 0 Å². The normalized spacial score (nSPS) is 10.5. The maximum atomic E-state index is 12.8. The zero-order valence-corrected chi connectivity index (χ0v) is 9.88. The van der Waals surface area contributed by atoms with Crippen LogP contribution >= 0.6 is 11.3 Å². The van der Waals surface area contributed by atoms with Crippen LogP contribution in [0.4, 0.5) is 4.39 Å². The van der Waals surface area contributed by atoms with Crippen molar-refractivity contribution in [2.75, 3.05) is 0 Å². The number of aromatic nitrogens is 1. The van der Waals surface area contributed by atoms with Crippen LogP contribution in [0.25, 0.3) is 11.3 Å². The Morgan fingerprint density at radius 3 is 2.65 bits per heavy atom. The molecule has 0 aliphatic rings. The fourth-order valence-corrected chi connectivity index (χ4v) is 2.50. The van der Waals surface area contributed by atoms with Gasteiger partial charge in [0.15, 0.2) is 0 Å². The Morgan fingerprint density at radius 2 is 2.06 bits per heavy atom. The van der Waals surface area contributed by atoms with E-state index in [1.165, 1.54) is 23.5 Å². The molecule has 17 heavy (non-hydrogen) atoms. The van der Waals surface area contributed by atoms with E-state index in [0.29, 0.717) is 16.1 Å². The molecule has 1 aromatic heterocycles. The van der Waals surface area contributed by atoms with Crippen molar-refractivity contribution in [1.29, 1.82) is 0 Å². The van der Waals surface area contributed by atoms with Gasteiger partial charge in [0, 0.05) is 22.8 Å². The number of hydrogen-bond donors (Lipinski definition) is 0. The molecule has 0 amide bonds. The quantitative estimate of drug-likeness (QED) is 0.830. The minimum atomic E-state index is -1.14. The molecule has 0 aliphatic carbocycles. The Hall–Kier alpha value is -1.75. The minimum absolute atomic E-state index is 0.168. The number of hydrogen-bond acceptors (Lipinski definition) is 4. The van der Waals surface area contributed by atoms with E-state index in [2.05, 4.69) is 4.98 Å². The molecule has 0 unspecified atom stereocenters. The van der Waals surface area contributed by atoms with Crippen LogP contribution in [0.5, 0.6) is 0 Å². The molecule has 0 saturated carbocycles. The number of carboxylic acid groups (broad SMARTS) is 1. The van der Waals surface area contributed by atoms with Crippen LogP contribution in [0.2, 0.25) is 0 Å². The Bertz CT molecular complexity index is 548. The number of thiazole rings is 1. The van der Waals surface area contributed by atoms with Crippen LogP contribution in [-0.2, 0) is 11.2 Å². The van der Waals surface area contributed by atoms with Gasteiger partial charge in [-0.3, -0.25) is 0 Å². The Kier molecular flexibility index (Phi) is 3.19.